The highest BCUT2D eigenvalue weighted by Gasteiger charge is 2.19. The summed E-state index contributed by atoms with van der Waals surface area (Å²) in [6.45, 7) is 1.86. The first-order chi connectivity index (χ1) is 14.4. The van der Waals surface area contributed by atoms with Gasteiger partial charge in [0.1, 0.15) is 6.04 Å². The highest BCUT2D eigenvalue weighted by molar-refractivity contribution is 6.31. The van der Waals surface area contributed by atoms with E-state index in [-0.39, 0.29) is 10.6 Å². The molecular weight excluding hydrogens is 408 g/mol. The van der Waals surface area contributed by atoms with E-state index in [4.69, 9.17) is 11.6 Å². The molecule has 0 saturated carbocycles. The van der Waals surface area contributed by atoms with Crippen LogP contribution in [-0.4, -0.2) is 28.2 Å². The zero-order valence-corrected chi connectivity index (χ0v) is 16.8. The Morgan fingerprint density at radius 2 is 2.00 bits per heavy atom. The second-order valence-electron chi connectivity index (χ2n) is 6.49. The summed E-state index contributed by atoms with van der Waals surface area (Å²) in [6, 6.07) is 15.4. The third-order valence-electron chi connectivity index (χ3n) is 4.50. The number of carbonyl (C=O) groups excluding carboxylic acids is 1. The molecule has 0 aromatic heterocycles. The smallest absolute Gasteiger partial charge is 0.312 e. The fraction of sp³-hybridized carbons (Fsp3) is 0.143. The molecule has 3 rings (SSSR count). The van der Waals surface area contributed by atoms with Gasteiger partial charge in [0.2, 0.25) is 5.75 Å². The van der Waals surface area contributed by atoms with Gasteiger partial charge in [0.05, 0.1) is 11.1 Å². The lowest BCUT2D eigenvalue weighted by molar-refractivity contribution is -0.385. The summed E-state index contributed by atoms with van der Waals surface area (Å²) in [5.74, 6) is -0.971. The molecule has 30 heavy (non-hydrogen) atoms. The molecule has 1 unspecified atom stereocenters. The van der Waals surface area contributed by atoms with Crippen molar-refractivity contribution in [1.82, 2.24) is 5.43 Å². The van der Waals surface area contributed by atoms with Crippen molar-refractivity contribution in [3.8, 4) is 5.75 Å². The SMILES string of the molecule is CCC(Nc1cccc2ccccc12)C(=O)N/N=C/c1cc(Cl)cc([N+](=O)[O-])c1O. The highest BCUT2D eigenvalue weighted by Crippen LogP contribution is 2.32. The summed E-state index contributed by atoms with van der Waals surface area (Å²) in [4.78, 5) is 22.8. The van der Waals surface area contributed by atoms with Gasteiger partial charge in [-0.25, -0.2) is 5.43 Å². The largest absolute Gasteiger partial charge is 0.502 e. The summed E-state index contributed by atoms with van der Waals surface area (Å²) in [6.07, 6.45) is 1.61. The fourth-order valence-electron chi connectivity index (χ4n) is 2.98. The number of nitro benzene ring substituents is 1. The third kappa shape index (κ3) is 4.66. The standard InChI is InChI=1S/C21H19ClN4O4/c1-2-17(24-18-9-5-7-13-6-3-4-8-16(13)18)21(28)25-23-12-14-10-15(22)11-19(20(14)27)26(29)30/h3-12,17,24,27H,2H2,1H3,(H,25,28)/b23-12+. The van der Waals surface area contributed by atoms with E-state index in [1.54, 1.807) is 0 Å². The van der Waals surface area contributed by atoms with E-state index in [2.05, 4.69) is 15.8 Å². The van der Waals surface area contributed by atoms with E-state index in [0.29, 0.717) is 6.42 Å². The van der Waals surface area contributed by atoms with Crippen LogP contribution < -0.4 is 10.7 Å². The topological polar surface area (TPSA) is 117 Å². The second-order valence-corrected chi connectivity index (χ2v) is 6.92. The minimum atomic E-state index is -0.752. The number of hydrogen-bond donors (Lipinski definition) is 3. The number of fused-ring (bicyclic) bond motifs is 1. The average Bonchev–Trinajstić information content (AvgIpc) is 2.73. The van der Waals surface area contributed by atoms with Gasteiger partial charge in [-0.1, -0.05) is 54.9 Å². The van der Waals surface area contributed by atoms with Gasteiger partial charge in [0.15, 0.2) is 0 Å². The van der Waals surface area contributed by atoms with Crippen LogP contribution in [0.25, 0.3) is 10.8 Å². The number of phenolic OH excluding ortho intramolecular Hbond substituents is 1. The van der Waals surface area contributed by atoms with E-state index in [9.17, 15) is 20.0 Å². The maximum atomic E-state index is 12.5. The van der Waals surface area contributed by atoms with Gasteiger partial charge in [0.25, 0.3) is 5.91 Å². The number of benzene rings is 3. The zero-order valence-electron chi connectivity index (χ0n) is 16.0. The number of carbonyl (C=O) groups is 1. The molecule has 0 saturated heterocycles. The number of nitrogens with zero attached hydrogens (tertiary/aromatic N) is 2. The zero-order chi connectivity index (χ0) is 21.7. The van der Waals surface area contributed by atoms with Crippen molar-refractivity contribution in [2.75, 3.05) is 5.32 Å². The van der Waals surface area contributed by atoms with Crippen molar-refractivity contribution in [3.05, 3.63) is 75.3 Å². The molecule has 0 fully saturated rings. The van der Waals surface area contributed by atoms with Gasteiger partial charge in [-0.05, 0) is 23.9 Å². The number of anilines is 1. The Bertz CT molecular complexity index is 1130. The molecule has 1 atom stereocenters. The van der Waals surface area contributed by atoms with Gasteiger partial charge < -0.3 is 10.4 Å². The van der Waals surface area contributed by atoms with E-state index < -0.39 is 28.3 Å². The average molecular weight is 427 g/mol. The number of amides is 1. The van der Waals surface area contributed by atoms with Crippen LogP contribution in [0.1, 0.15) is 18.9 Å². The maximum Gasteiger partial charge on any atom is 0.312 e. The van der Waals surface area contributed by atoms with E-state index in [1.165, 1.54) is 6.07 Å². The maximum absolute atomic E-state index is 12.5. The van der Waals surface area contributed by atoms with Crippen LogP contribution >= 0.6 is 11.6 Å². The summed E-state index contributed by atoms with van der Waals surface area (Å²) in [7, 11) is 0. The first kappa shape index (κ1) is 21.1. The molecule has 154 valence electrons. The fourth-order valence-corrected chi connectivity index (χ4v) is 3.20. The molecule has 0 bridgehead atoms. The molecule has 0 aliphatic heterocycles. The number of phenols is 1. The predicted octanol–water partition coefficient (Wildman–Crippen LogP) is 4.45. The first-order valence-electron chi connectivity index (χ1n) is 9.14. The lowest BCUT2D eigenvalue weighted by Crippen LogP contribution is -2.36. The molecule has 0 aliphatic rings. The predicted molar refractivity (Wildman–Crippen MR) is 117 cm³/mol. The molecule has 3 aromatic carbocycles. The molecule has 0 spiro atoms. The second kappa shape index (κ2) is 9.23. The summed E-state index contributed by atoms with van der Waals surface area (Å²) in [5.41, 5.74) is 2.69. The van der Waals surface area contributed by atoms with Crippen molar-refractivity contribution in [3.63, 3.8) is 0 Å². The molecule has 8 nitrogen and oxygen atoms in total. The summed E-state index contributed by atoms with van der Waals surface area (Å²) < 4.78 is 0. The van der Waals surface area contributed by atoms with Gasteiger partial charge in [-0.3, -0.25) is 14.9 Å². The Balaban J connectivity index is 1.74. The molecular formula is C21H19ClN4O4. The minimum absolute atomic E-state index is 0.0181. The van der Waals surface area contributed by atoms with Crippen LogP contribution in [-0.2, 0) is 4.79 Å². The molecule has 3 aromatic rings. The Morgan fingerprint density at radius 1 is 1.27 bits per heavy atom. The Labute approximate surface area is 177 Å². The number of nitrogens with one attached hydrogen (secondary N) is 2. The van der Waals surface area contributed by atoms with Crippen molar-refractivity contribution in [1.29, 1.82) is 0 Å². The van der Waals surface area contributed by atoms with Gasteiger partial charge in [0, 0.05) is 27.7 Å². The highest BCUT2D eigenvalue weighted by atomic mass is 35.5. The number of nitro groups is 1. The van der Waals surface area contributed by atoms with Crippen molar-refractivity contribution >= 4 is 45.9 Å². The van der Waals surface area contributed by atoms with Gasteiger partial charge in [-0.15, -0.1) is 0 Å². The molecule has 1 amide bonds. The summed E-state index contributed by atoms with van der Waals surface area (Å²) in [5, 5.41) is 30.1. The number of hydrogen-bond acceptors (Lipinski definition) is 6. The van der Waals surface area contributed by atoms with Crippen LogP contribution in [0.3, 0.4) is 0 Å². The minimum Gasteiger partial charge on any atom is -0.502 e. The van der Waals surface area contributed by atoms with Crippen molar-refractivity contribution < 1.29 is 14.8 Å². The number of hydrazone groups is 1. The Hall–Kier alpha value is -3.65. The third-order valence-corrected chi connectivity index (χ3v) is 4.72. The number of halogens is 1. The molecule has 3 N–H and O–H groups in total. The molecule has 0 aliphatic carbocycles. The lowest BCUT2D eigenvalue weighted by Gasteiger charge is -2.18. The number of rotatable bonds is 7. The Kier molecular flexibility index (Phi) is 6.48. The number of aromatic hydroxyl groups is 1. The van der Waals surface area contributed by atoms with Gasteiger partial charge in [-0.2, -0.15) is 5.10 Å². The Morgan fingerprint density at radius 3 is 2.73 bits per heavy atom. The van der Waals surface area contributed by atoms with Crippen LogP contribution in [0.2, 0.25) is 5.02 Å². The van der Waals surface area contributed by atoms with Crippen LogP contribution in [0, 0.1) is 10.1 Å². The van der Waals surface area contributed by atoms with Crippen LogP contribution in [0.15, 0.2) is 59.7 Å². The van der Waals surface area contributed by atoms with E-state index in [1.807, 2.05) is 49.4 Å². The molecule has 0 heterocycles. The monoisotopic (exact) mass is 426 g/mol. The van der Waals surface area contributed by atoms with Crippen LogP contribution in [0.5, 0.6) is 5.75 Å². The van der Waals surface area contributed by atoms with E-state index in [0.717, 1.165) is 28.7 Å². The summed E-state index contributed by atoms with van der Waals surface area (Å²) >= 11 is 5.84. The van der Waals surface area contributed by atoms with Crippen molar-refractivity contribution in [2.45, 2.75) is 19.4 Å². The quantitative estimate of drug-likeness (QED) is 0.293. The lowest BCUT2D eigenvalue weighted by atomic mass is 10.1. The normalized spacial score (nSPS) is 12.1. The molecule has 0 radical (unpaired) electrons. The van der Waals surface area contributed by atoms with Crippen molar-refractivity contribution in [2.24, 2.45) is 5.10 Å². The first-order valence-corrected chi connectivity index (χ1v) is 9.52. The van der Waals surface area contributed by atoms with Gasteiger partial charge >= 0.3 is 5.69 Å². The van der Waals surface area contributed by atoms with Crippen LogP contribution in [0.4, 0.5) is 11.4 Å². The molecule has 9 heteroatoms. The van der Waals surface area contributed by atoms with E-state index >= 15 is 0 Å².